The normalized spacial score (nSPS) is 19.2. The minimum Gasteiger partial charge on any atom is -0.0657 e. The van der Waals surface area contributed by atoms with Crippen LogP contribution in [0.5, 0.6) is 0 Å². The fourth-order valence-electron chi connectivity index (χ4n) is 7.96. The van der Waals surface area contributed by atoms with Gasteiger partial charge in [0.1, 0.15) is 0 Å². The van der Waals surface area contributed by atoms with Crippen LogP contribution >= 0.6 is 0 Å². The van der Waals surface area contributed by atoms with E-state index < -0.39 is 0 Å². The Balaban J connectivity index is 1.15. The highest BCUT2D eigenvalue weighted by Crippen LogP contribution is 2.59. The number of allylic oxidation sites excluding steroid dienone is 10. The fraction of sp³-hybridized carbons (Fsp3) is 0.0233. The summed E-state index contributed by atoms with van der Waals surface area (Å²) in [6, 6.07) is 40.5. The fourth-order valence-corrected chi connectivity index (χ4v) is 7.96. The lowest BCUT2D eigenvalue weighted by atomic mass is 9.65. The topological polar surface area (TPSA) is 0 Å². The SMILES string of the molecule is C1=CC2(C=CC=C3C2=Cc2cc(-c4cccc5ccc6cc7ccccc7cc6c45)ccc23)C2=Cc3ccccc3C2=C1. The Morgan fingerprint density at radius 2 is 1.09 bits per heavy atom. The van der Waals surface area contributed by atoms with Gasteiger partial charge in [-0.15, -0.1) is 0 Å². The van der Waals surface area contributed by atoms with Crippen molar-refractivity contribution in [2.45, 2.75) is 0 Å². The molecule has 1 unspecified atom stereocenters. The van der Waals surface area contributed by atoms with Crippen LogP contribution in [0.3, 0.4) is 0 Å². The molecule has 6 aromatic rings. The summed E-state index contributed by atoms with van der Waals surface area (Å²) in [4.78, 5) is 0. The third kappa shape index (κ3) is 3.10. The van der Waals surface area contributed by atoms with Gasteiger partial charge in [-0.25, -0.2) is 0 Å². The Hall–Kier alpha value is -5.46. The number of fused-ring (bicyclic) bond motifs is 12. The molecule has 0 heterocycles. The van der Waals surface area contributed by atoms with Crippen molar-refractivity contribution >= 4 is 55.6 Å². The van der Waals surface area contributed by atoms with E-state index >= 15 is 0 Å². The van der Waals surface area contributed by atoms with Gasteiger partial charge in [0, 0.05) is 0 Å². The highest BCUT2D eigenvalue weighted by Gasteiger charge is 2.43. The lowest BCUT2D eigenvalue weighted by Crippen LogP contribution is -2.24. The molecule has 43 heavy (non-hydrogen) atoms. The van der Waals surface area contributed by atoms with Gasteiger partial charge in [0.2, 0.25) is 0 Å². The smallest absolute Gasteiger partial charge is 0.0581 e. The molecule has 0 radical (unpaired) electrons. The predicted molar refractivity (Wildman–Crippen MR) is 183 cm³/mol. The molecule has 0 aliphatic heterocycles. The van der Waals surface area contributed by atoms with Crippen LogP contribution in [0.25, 0.3) is 66.7 Å². The molecule has 1 spiro atoms. The van der Waals surface area contributed by atoms with Crippen molar-refractivity contribution in [2.75, 3.05) is 0 Å². The van der Waals surface area contributed by atoms with Crippen LogP contribution in [0.15, 0.2) is 157 Å². The Morgan fingerprint density at radius 1 is 0.442 bits per heavy atom. The van der Waals surface area contributed by atoms with Crippen molar-refractivity contribution in [1.29, 1.82) is 0 Å². The summed E-state index contributed by atoms with van der Waals surface area (Å²) < 4.78 is 0. The third-order valence-corrected chi connectivity index (χ3v) is 9.95. The second kappa shape index (κ2) is 8.31. The predicted octanol–water partition coefficient (Wildman–Crippen LogP) is 11.2. The van der Waals surface area contributed by atoms with Crippen molar-refractivity contribution in [3.8, 4) is 11.1 Å². The summed E-state index contributed by atoms with van der Waals surface area (Å²) in [6.07, 6.45) is 18.7. The standard InChI is InChI=1S/C43H26/c1-2-9-29-24-39-32(22-28(29)8-1)17-16-27-11-5-13-36(42(27)39)31-18-19-35-33(23-31)26-41-38(35)15-7-21-43(41)20-6-14-37-34-12-4-3-10-30(34)25-40(37)43/h1-26H. The Bertz CT molecular complexity index is 2430. The zero-order valence-electron chi connectivity index (χ0n) is 23.5. The van der Waals surface area contributed by atoms with Crippen molar-refractivity contribution in [3.05, 3.63) is 179 Å². The van der Waals surface area contributed by atoms with Crippen molar-refractivity contribution in [1.82, 2.24) is 0 Å². The molecule has 6 aromatic carbocycles. The molecule has 0 heteroatoms. The molecule has 4 aliphatic carbocycles. The van der Waals surface area contributed by atoms with E-state index in [9.17, 15) is 0 Å². The minimum absolute atomic E-state index is 0.261. The molecular weight excluding hydrogens is 516 g/mol. The summed E-state index contributed by atoms with van der Waals surface area (Å²) in [5.74, 6) is 0. The maximum atomic E-state index is 2.45. The minimum atomic E-state index is -0.261. The first kappa shape index (κ1) is 23.1. The first-order chi connectivity index (χ1) is 21.3. The zero-order chi connectivity index (χ0) is 28.1. The Kier molecular flexibility index (Phi) is 4.47. The molecule has 0 saturated heterocycles. The van der Waals surface area contributed by atoms with E-state index in [0.29, 0.717) is 0 Å². The number of rotatable bonds is 1. The second-order valence-electron chi connectivity index (χ2n) is 12.1. The van der Waals surface area contributed by atoms with Gasteiger partial charge in [-0.1, -0.05) is 127 Å². The number of hydrogen-bond donors (Lipinski definition) is 0. The van der Waals surface area contributed by atoms with E-state index in [0.717, 1.165) is 0 Å². The van der Waals surface area contributed by atoms with E-state index in [1.807, 2.05) is 0 Å². The van der Waals surface area contributed by atoms with Crippen LogP contribution in [-0.2, 0) is 0 Å². The highest BCUT2D eigenvalue weighted by molar-refractivity contribution is 6.17. The third-order valence-electron chi connectivity index (χ3n) is 9.95. The molecule has 1 atom stereocenters. The average Bonchev–Trinajstić information content (AvgIpc) is 3.63. The molecule has 0 saturated carbocycles. The van der Waals surface area contributed by atoms with Gasteiger partial charge in [0.15, 0.2) is 0 Å². The number of benzene rings is 6. The van der Waals surface area contributed by atoms with E-state index in [2.05, 4.69) is 158 Å². The van der Waals surface area contributed by atoms with Gasteiger partial charge < -0.3 is 0 Å². The lowest BCUT2D eigenvalue weighted by Gasteiger charge is -2.36. The maximum Gasteiger partial charge on any atom is 0.0581 e. The van der Waals surface area contributed by atoms with Crippen LogP contribution in [0.1, 0.15) is 22.3 Å². The molecule has 0 aromatic heterocycles. The zero-order valence-corrected chi connectivity index (χ0v) is 23.5. The summed E-state index contributed by atoms with van der Waals surface area (Å²) in [5, 5.41) is 7.75. The van der Waals surface area contributed by atoms with Crippen LogP contribution in [0, 0.1) is 5.41 Å². The molecule has 198 valence electrons. The average molecular weight is 543 g/mol. The van der Waals surface area contributed by atoms with Gasteiger partial charge in [0.25, 0.3) is 0 Å². The second-order valence-corrected chi connectivity index (χ2v) is 12.1. The quantitative estimate of drug-likeness (QED) is 0.143. The van der Waals surface area contributed by atoms with Gasteiger partial charge in [-0.3, -0.25) is 0 Å². The van der Waals surface area contributed by atoms with Crippen LogP contribution in [0.2, 0.25) is 0 Å². The van der Waals surface area contributed by atoms with E-state index in [1.54, 1.807) is 0 Å². The van der Waals surface area contributed by atoms with Crippen LogP contribution in [-0.4, -0.2) is 0 Å². The first-order valence-corrected chi connectivity index (χ1v) is 15.1. The molecular formula is C43H26. The highest BCUT2D eigenvalue weighted by atomic mass is 14.5. The molecule has 0 fully saturated rings. The van der Waals surface area contributed by atoms with Crippen LogP contribution in [0.4, 0.5) is 0 Å². The Labute approximate surface area is 250 Å². The van der Waals surface area contributed by atoms with Gasteiger partial charge in [-0.2, -0.15) is 0 Å². The molecule has 0 N–H and O–H groups in total. The Morgan fingerprint density at radius 3 is 1.93 bits per heavy atom. The van der Waals surface area contributed by atoms with E-state index in [4.69, 9.17) is 0 Å². The van der Waals surface area contributed by atoms with Gasteiger partial charge >= 0.3 is 0 Å². The first-order valence-electron chi connectivity index (χ1n) is 15.1. The molecule has 0 nitrogen and oxygen atoms in total. The molecule has 0 amide bonds. The van der Waals surface area contributed by atoms with E-state index in [-0.39, 0.29) is 5.41 Å². The molecule has 10 rings (SSSR count). The molecule has 4 aliphatic rings. The molecule has 0 bridgehead atoms. The van der Waals surface area contributed by atoms with Crippen molar-refractivity contribution in [2.24, 2.45) is 5.41 Å². The largest absolute Gasteiger partial charge is 0.0657 e. The van der Waals surface area contributed by atoms with Crippen molar-refractivity contribution in [3.63, 3.8) is 0 Å². The summed E-state index contributed by atoms with van der Waals surface area (Å²) >= 11 is 0. The summed E-state index contributed by atoms with van der Waals surface area (Å²) in [5.41, 5.74) is 13.0. The van der Waals surface area contributed by atoms with Gasteiger partial charge in [0.05, 0.1) is 5.41 Å². The van der Waals surface area contributed by atoms with E-state index in [1.165, 1.54) is 88.0 Å². The monoisotopic (exact) mass is 542 g/mol. The van der Waals surface area contributed by atoms with Gasteiger partial charge in [-0.05, 0) is 118 Å². The summed E-state index contributed by atoms with van der Waals surface area (Å²) in [7, 11) is 0. The summed E-state index contributed by atoms with van der Waals surface area (Å²) in [6.45, 7) is 0. The maximum absolute atomic E-state index is 2.45. The van der Waals surface area contributed by atoms with Crippen LogP contribution < -0.4 is 0 Å². The van der Waals surface area contributed by atoms with Crippen molar-refractivity contribution < 1.29 is 0 Å². The number of hydrogen-bond acceptors (Lipinski definition) is 0. The lowest BCUT2D eigenvalue weighted by molar-refractivity contribution is 0.754.